The second-order valence-electron chi connectivity index (χ2n) is 5.76. The van der Waals surface area contributed by atoms with E-state index in [9.17, 15) is 17.6 Å². The number of benzene rings is 1. The van der Waals surface area contributed by atoms with Crippen molar-refractivity contribution in [1.82, 2.24) is 9.71 Å². The molecule has 8 nitrogen and oxygen atoms in total. The first-order valence-electron chi connectivity index (χ1n) is 9.39. The van der Waals surface area contributed by atoms with Crippen LogP contribution < -0.4 is 14.8 Å². The van der Waals surface area contributed by atoms with E-state index >= 15 is 0 Å². The minimum atomic E-state index is -4.01. The number of rotatable bonds is 6. The van der Waals surface area contributed by atoms with Crippen molar-refractivity contribution in [3.63, 3.8) is 0 Å². The van der Waals surface area contributed by atoms with E-state index in [2.05, 4.69) is 15.0 Å². The fraction of sp³-hybridized carbons (Fsp3) is 0.294. The van der Waals surface area contributed by atoms with Gasteiger partial charge in [0.2, 0.25) is 10.0 Å². The van der Waals surface area contributed by atoms with Crippen LogP contribution in [0.3, 0.4) is 0 Å². The molecule has 1 unspecified atom stereocenters. The van der Waals surface area contributed by atoms with Crippen LogP contribution in [-0.4, -0.2) is 45.6 Å². The summed E-state index contributed by atoms with van der Waals surface area (Å²) in [4.78, 5) is 16.1. The number of methoxy groups -OCH3 is 1. The number of amides is 1. The number of hydrogen-bond acceptors (Lipinski definition) is 6. The maximum absolute atomic E-state index is 13.0. The lowest BCUT2D eigenvalue weighted by molar-refractivity contribution is 0.102. The van der Waals surface area contributed by atoms with Gasteiger partial charge >= 0.3 is 0 Å². The smallest absolute Gasteiger partial charge is 0.260 e. The van der Waals surface area contributed by atoms with E-state index in [-0.39, 0.29) is 28.6 Å². The zero-order valence-corrected chi connectivity index (χ0v) is 14.8. The van der Waals surface area contributed by atoms with Crippen LogP contribution in [0, 0.1) is 5.82 Å². The molecule has 0 bridgehead atoms. The lowest BCUT2D eigenvalue weighted by atomic mass is 10.2. The molecule has 27 heavy (non-hydrogen) atoms. The molecule has 1 aromatic carbocycles. The van der Waals surface area contributed by atoms with Crippen LogP contribution in [0.15, 0.2) is 41.4 Å². The zero-order chi connectivity index (χ0) is 21.9. The number of nitrogens with zero attached hydrogens (tertiary/aromatic N) is 1. The van der Waals surface area contributed by atoms with E-state index in [1.165, 1.54) is 6.07 Å². The van der Waals surface area contributed by atoms with Crippen LogP contribution >= 0.6 is 0 Å². The number of aromatic nitrogens is 1. The lowest BCUT2D eigenvalue weighted by Crippen LogP contribution is -2.35. The number of carbonyl (C=O) groups is 1. The first kappa shape index (κ1) is 15.5. The van der Waals surface area contributed by atoms with Crippen LogP contribution in [0.1, 0.15) is 20.9 Å². The summed E-state index contributed by atoms with van der Waals surface area (Å²) in [5, 5.41) is 2.35. The highest BCUT2D eigenvalue weighted by Gasteiger charge is 2.25. The zero-order valence-electron chi connectivity index (χ0n) is 16.9. The molecule has 1 aliphatic heterocycles. The molecule has 1 saturated heterocycles. The number of hydrogen-bond donors (Lipinski definition) is 2. The summed E-state index contributed by atoms with van der Waals surface area (Å²) in [7, 11) is -6.88. The minimum absolute atomic E-state index is 0.0178. The summed E-state index contributed by atoms with van der Waals surface area (Å²) >= 11 is 0. The molecule has 2 heterocycles. The Morgan fingerprint density at radius 2 is 2.26 bits per heavy atom. The molecule has 1 amide bonds. The third kappa shape index (κ3) is 4.59. The molecule has 0 spiro atoms. The second kappa shape index (κ2) is 7.99. The second-order valence-corrected chi connectivity index (χ2v) is 7.47. The van der Waals surface area contributed by atoms with E-state index in [1.54, 1.807) is 0 Å². The van der Waals surface area contributed by atoms with Crippen molar-refractivity contribution in [3.8, 4) is 5.75 Å². The van der Waals surface area contributed by atoms with Crippen LogP contribution in [0.25, 0.3) is 0 Å². The minimum Gasteiger partial charge on any atom is -0.496 e. The van der Waals surface area contributed by atoms with Crippen LogP contribution in [-0.2, 0) is 14.8 Å². The molecule has 3 rings (SSSR count). The Balaban J connectivity index is 1.93. The maximum Gasteiger partial charge on any atom is 0.260 e. The van der Waals surface area contributed by atoms with E-state index < -0.39 is 34.8 Å². The van der Waals surface area contributed by atoms with Crippen molar-refractivity contribution in [1.29, 1.82) is 0 Å². The highest BCUT2D eigenvalue weighted by molar-refractivity contribution is 7.89. The van der Waals surface area contributed by atoms with Gasteiger partial charge in [0.1, 0.15) is 17.4 Å². The summed E-state index contributed by atoms with van der Waals surface area (Å²) < 4.78 is 72.5. The molecule has 0 aliphatic carbocycles. The fourth-order valence-electron chi connectivity index (χ4n) is 2.49. The third-order valence-electron chi connectivity index (χ3n) is 3.84. The Morgan fingerprint density at radius 1 is 1.41 bits per heavy atom. The highest BCUT2D eigenvalue weighted by Crippen LogP contribution is 2.24. The Morgan fingerprint density at radius 3 is 2.93 bits per heavy atom. The molecule has 2 aromatic rings. The molecule has 1 atom stereocenters. The van der Waals surface area contributed by atoms with Crippen LogP contribution in [0.4, 0.5) is 10.2 Å². The number of sulfonamides is 1. The van der Waals surface area contributed by atoms with Gasteiger partial charge in [0.05, 0.1) is 34.4 Å². The lowest BCUT2D eigenvalue weighted by Gasteiger charge is -2.14. The quantitative estimate of drug-likeness (QED) is 0.765. The van der Waals surface area contributed by atoms with Crippen LogP contribution in [0.2, 0.25) is 0 Å². The van der Waals surface area contributed by atoms with E-state index in [4.69, 9.17) is 13.6 Å². The third-order valence-corrected chi connectivity index (χ3v) is 5.35. The van der Waals surface area contributed by atoms with Crippen molar-refractivity contribution in [2.75, 3.05) is 25.6 Å². The molecule has 144 valence electrons. The number of anilines is 1. The Labute approximate surface area is 160 Å². The number of ether oxygens (including phenoxy) is 2. The van der Waals surface area contributed by atoms with Crippen molar-refractivity contribution < 1.29 is 31.2 Å². The monoisotopic (exact) mass is 398 g/mol. The van der Waals surface area contributed by atoms with Crippen molar-refractivity contribution in [2.45, 2.75) is 17.4 Å². The van der Waals surface area contributed by atoms with E-state index in [0.717, 1.165) is 30.5 Å². The molecular weight excluding hydrogens is 377 g/mol. The Kier molecular flexibility index (Phi) is 4.58. The highest BCUT2D eigenvalue weighted by atomic mass is 32.2. The standard InChI is InChI=1S/C17H18FN3O5S/c1-25-15-4-3-13(27(23,24)21-12-6-7-26-10-12)8-14(15)17(22)20-16-5-2-11(18)9-19-16/h2-5,8-9,12,21H,6-7,10H2,1H3,(H,19,20,22)/i1D3. The largest absolute Gasteiger partial charge is 0.496 e. The van der Waals surface area contributed by atoms with Gasteiger partial charge in [-0.3, -0.25) is 4.79 Å². The molecule has 1 aliphatic rings. The van der Waals surface area contributed by atoms with Gasteiger partial charge < -0.3 is 14.8 Å². The average molecular weight is 398 g/mol. The molecule has 0 saturated carbocycles. The fourth-order valence-corrected chi connectivity index (χ4v) is 3.77. The summed E-state index contributed by atoms with van der Waals surface area (Å²) in [6.45, 7) is 0.653. The predicted molar refractivity (Wildman–Crippen MR) is 94.7 cm³/mol. The van der Waals surface area contributed by atoms with Gasteiger partial charge in [0.25, 0.3) is 5.91 Å². The molecule has 1 fully saturated rings. The average Bonchev–Trinajstić information content (AvgIpc) is 3.14. The van der Waals surface area contributed by atoms with Crippen molar-refractivity contribution >= 4 is 21.7 Å². The summed E-state index contributed by atoms with van der Waals surface area (Å²) in [6.07, 6.45) is 1.38. The number of pyridine rings is 1. The Bertz CT molecular complexity index is 1030. The first-order chi connectivity index (χ1) is 14.0. The number of carbonyl (C=O) groups excluding carboxylic acids is 1. The summed E-state index contributed by atoms with van der Waals surface area (Å²) in [6, 6.07) is 5.06. The van der Waals surface area contributed by atoms with Gasteiger partial charge in [-0.1, -0.05) is 0 Å². The predicted octanol–water partition coefficient (Wildman–Crippen LogP) is 1.55. The van der Waals surface area contributed by atoms with Gasteiger partial charge in [-0.25, -0.2) is 22.5 Å². The molecule has 0 radical (unpaired) electrons. The van der Waals surface area contributed by atoms with Crippen molar-refractivity contribution in [3.05, 3.63) is 47.9 Å². The molecule has 2 N–H and O–H groups in total. The normalized spacial score (nSPS) is 19.0. The SMILES string of the molecule is [2H]C([2H])([2H])Oc1ccc(S(=O)(=O)NC2CCOC2)cc1C(=O)Nc1ccc(F)cn1. The van der Waals surface area contributed by atoms with Gasteiger partial charge in [-0.15, -0.1) is 0 Å². The molecule has 1 aromatic heterocycles. The number of nitrogens with one attached hydrogen (secondary N) is 2. The van der Waals surface area contributed by atoms with E-state index in [1.807, 2.05) is 0 Å². The van der Waals surface area contributed by atoms with Crippen LogP contribution in [0.5, 0.6) is 5.75 Å². The Hall–Kier alpha value is -2.56. The molecular formula is C17H18FN3O5S. The summed E-state index contributed by atoms with van der Waals surface area (Å²) in [5.74, 6) is -1.86. The topological polar surface area (TPSA) is 107 Å². The van der Waals surface area contributed by atoms with Gasteiger partial charge in [0.15, 0.2) is 0 Å². The van der Waals surface area contributed by atoms with Gasteiger partial charge in [-0.05, 0) is 36.8 Å². The molecule has 10 heteroatoms. The van der Waals surface area contributed by atoms with E-state index in [0.29, 0.717) is 13.0 Å². The number of halogens is 1. The van der Waals surface area contributed by atoms with Gasteiger partial charge in [-0.2, -0.15) is 0 Å². The summed E-state index contributed by atoms with van der Waals surface area (Å²) in [5.41, 5.74) is -0.345. The van der Waals surface area contributed by atoms with Crippen molar-refractivity contribution in [2.24, 2.45) is 0 Å². The van der Waals surface area contributed by atoms with Gasteiger partial charge in [0, 0.05) is 12.6 Å². The first-order valence-corrected chi connectivity index (χ1v) is 9.38. The maximum atomic E-state index is 13.0.